The van der Waals surface area contributed by atoms with E-state index in [1.165, 1.54) is 6.20 Å². The molecule has 23 heavy (non-hydrogen) atoms. The van der Waals surface area contributed by atoms with Gasteiger partial charge in [0.15, 0.2) is 0 Å². The number of hydrogen-bond donors (Lipinski definition) is 1. The summed E-state index contributed by atoms with van der Waals surface area (Å²) >= 11 is 5.78. The van der Waals surface area contributed by atoms with Gasteiger partial charge in [0.25, 0.3) is 0 Å². The van der Waals surface area contributed by atoms with Crippen LogP contribution in [-0.4, -0.2) is 47.5 Å². The highest BCUT2D eigenvalue weighted by Gasteiger charge is 2.31. The van der Waals surface area contributed by atoms with E-state index >= 15 is 0 Å². The van der Waals surface area contributed by atoms with Crippen molar-refractivity contribution >= 4 is 29.3 Å². The zero-order valence-electron chi connectivity index (χ0n) is 13.4. The monoisotopic (exact) mass is 339 g/mol. The standard InChI is InChI=1S/C16H22ClN3O3/c1-3-23-16(22)12-5-4-8-20(10-12)11(2)15(21)19-14-7-6-13(17)9-18-14/h6-7,9,11-12H,3-5,8,10H2,1-2H3,(H,18,19,21)/t11-,12+/m0/s1. The number of pyridine rings is 1. The zero-order chi connectivity index (χ0) is 16.8. The molecule has 1 fully saturated rings. The van der Waals surface area contributed by atoms with Crippen LogP contribution in [0.1, 0.15) is 26.7 Å². The topological polar surface area (TPSA) is 71.5 Å². The van der Waals surface area contributed by atoms with Crippen molar-refractivity contribution < 1.29 is 14.3 Å². The molecule has 1 N–H and O–H groups in total. The molecule has 0 radical (unpaired) electrons. The maximum atomic E-state index is 12.4. The van der Waals surface area contributed by atoms with E-state index in [4.69, 9.17) is 16.3 Å². The second kappa shape index (κ2) is 8.26. The lowest BCUT2D eigenvalue weighted by molar-refractivity contribution is -0.150. The third kappa shape index (κ3) is 4.91. The molecule has 1 saturated heterocycles. The van der Waals surface area contributed by atoms with Gasteiger partial charge in [0.2, 0.25) is 5.91 Å². The van der Waals surface area contributed by atoms with Crippen molar-refractivity contribution in [2.45, 2.75) is 32.7 Å². The van der Waals surface area contributed by atoms with Crippen molar-refractivity contribution in [1.29, 1.82) is 0 Å². The lowest BCUT2D eigenvalue weighted by Crippen LogP contribution is -2.48. The normalized spacial score (nSPS) is 19.9. The number of aromatic nitrogens is 1. The number of anilines is 1. The maximum absolute atomic E-state index is 12.4. The summed E-state index contributed by atoms with van der Waals surface area (Å²) in [6.07, 6.45) is 3.17. The number of carbonyl (C=O) groups excluding carboxylic acids is 2. The number of ether oxygens (including phenoxy) is 1. The summed E-state index contributed by atoms with van der Waals surface area (Å²) in [5.74, 6) is -0.0219. The molecule has 0 aromatic carbocycles. The molecule has 1 aromatic heterocycles. The molecule has 2 rings (SSSR count). The number of hydrogen-bond acceptors (Lipinski definition) is 5. The van der Waals surface area contributed by atoms with Crippen LogP contribution in [0, 0.1) is 5.92 Å². The fourth-order valence-corrected chi connectivity index (χ4v) is 2.77. The Bertz CT molecular complexity index is 550. The molecule has 1 aliphatic rings. The first kappa shape index (κ1) is 17.7. The molecule has 2 atom stereocenters. The highest BCUT2D eigenvalue weighted by Crippen LogP contribution is 2.20. The number of amides is 1. The lowest BCUT2D eigenvalue weighted by Gasteiger charge is -2.34. The summed E-state index contributed by atoms with van der Waals surface area (Å²) < 4.78 is 5.09. The Morgan fingerprint density at radius 1 is 1.52 bits per heavy atom. The van der Waals surface area contributed by atoms with E-state index in [-0.39, 0.29) is 23.8 Å². The van der Waals surface area contributed by atoms with Crippen molar-refractivity contribution in [3.8, 4) is 0 Å². The molecular weight excluding hydrogens is 318 g/mol. The number of nitrogens with zero attached hydrogens (tertiary/aromatic N) is 2. The fraction of sp³-hybridized carbons (Fsp3) is 0.562. The van der Waals surface area contributed by atoms with E-state index in [0.29, 0.717) is 24.0 Å². The molecule has 0 spiro atoms. The van der Waals surface area contributed by atoms with Gasteiger partial charge in [-0.05, 0) is 45.4 Å². The number of piperidine rings is 1. The molecule has 0 saturated carbocycles. The third-order valence-electron chi connectivity index (χ3n) is 3.98. The van der Waals surface area contributed by atoms with E-state index in [9.17, 15) is 9.59 Å². The highest BCUT2D eigenvalue weighted by atomic mass is 35.5. The molecule has 126 valence electrons. The van der Waals surface area contributed by atoms with Crippen molar-refractivity contribution in [3.05, 3.63) is 23.4 Å². The Labute approximate surface area is 141 Å². The van der Waals surface area contributed by atoms with Crippen LogP contribution in [0.3, 0.4) is 0 Å². The first-order valence-corrected chi connectivity index (χ1v) is 8.22. The van der Waals surface area contributed by atoms with E-state index in [1.807, 2.05) is 11.8 Å². The summed E-state index contributed by atoms with van der Waals surface area (Å²) in [5.41, 5.74) is 0. The van der Waals surface area contributed by atoms with Crippen LogP contribution < -0.4 is 5.32 Å². The van der Waals surface area contributed by atoms with Crippen molar-refractivity contribution in [2.75, 3.05) is 25.0 Å². The predicted octanol–water partition coefficient (Wildman–Crippen LogP) is 2.34. The van der Waals surface area contributed by atoms with Gasteiger partial charge in [0.05, 0.1) is 23.6 Å². The first-order valence-electron chi connectivity index (χ1n) is 7.84. The first-order chi connectivity index (χ1) is 11.0. The minimum atomic E-state index is -0.343. The molecular formula is C16H22ClN3O3. The van der Waals surface area contributed by atoms with Crippen molar-refractivity contribution in [1.82, 2.24) is 9.88 Å². The number of halogens is 1. The lowest BCUT2D eigenvalue weighted by atomic mass is 9.97. The summed E-state index contributed by atoms with van der Waals surface area (Å²) in [5, 5.41) is 3.29. The van der Waals surface area contributed by atoms with Crippen LogP contribution >= 0.6 is 11.6 Å². The van der Waals surface area contributed by atoms with Gasteiger partial charge in [-0.1, -0.05) is 11.6 Å². The summed E-state index contributed by atoms with van der Waals surface area (Å²) in [6.45, 7) is 5.35. The van der Waals surface area contributed by atoms with Crippen LogP contribution in [0.4, 0.5) is 5.82 Å². The molecule has 6 nitrogen and oxygen atoms in total. The fourth-order valence-electron chi connectivity index (χ4n) is 2.66. The number of rotatable bonds is 5. The minimum Gasteiger partial charge on any atom is -0.466 e. The largest absolute Gasteiger partial charge is 0.466 e. The van der Waals surface area contributed by atoms with E-state index in [0.717, 1.165) is 19.4 Å². The second-order valence-electron chi connectivity index (χ2n) is 5.61. The van der Waals surface area contributed by atoms with Gasteiger partial charge in [-0.15, -0.1) is 0 Å². The number of carbonyl (C=O) groups is 2. The molecule has 0 aliphatic carbocycles. The second-order valence-corrected chi connectivity index (χ2v) is 6.05. The van der Waals surface area contributed by atoms with Gasteiger partial charge < -0.3 is 10.1 Å². The Morgan fingerprint density at radius 2 is 2.30 bits per heavy atom. The van der Waals surface area contributed by atoms with Gasteiger partial charge in [-0.3, -0.25) is 14.5 Å². The Hall–Kier alpha value is -1.66. The molecule has 1 amide bonds. The Balaban J connectivity index is 1.93. The van der Waals surface area contributed by atoms with Crippen LogP contribution in [-0.2, 0) is 14.3 Å². The van der Waals surface area contributed by atoms with Crippen LogP contribution in [0.15, 0.2) is 18.3 Å². The van der Waals surface area contributed by atoms with E-state index in [1.54, 1.807) is 19.1 Å². The summed E-state index contributed by atoms with van der Waals surface area (Å²) in [6, 6.07) is 2.99. The SMILES string of the molecule is CCOC(=O)[C@@H]1CCCN([C@@H](C)C(=O)Nc2ccc(Cl)cn2)C1. The smallest absolute Gasteiger partial charge is 0.310 e. The van der Waals surface area contributed by atoms with E-state index in [2.05, 4.69) is 10.3 Å². The third-order valence-corrected chi connectivity index (χ3v) is 4.20. The molecule has 0 bridgehead atoms. The molecule has 0 unspecified atom stereocenters. The maximum Gasteiger partial charge on any atom is 0.310 e. The van der Waals surface area contributed by atoms with Gasteiger partial charge in [0.1, 0.15) is 5.82 Å². The van der Waals surface area contributed by atoms with Gasteiger partial charge >= 0.3 is 5.97 Å². The van der Waals surface area contributed by atoms with Crippen LogP contribution in [0.5, 0.6) is 0 Å². The Morgan fingerprint density at radius 3 is 2.96 bits per heavy atom. The van der Waals surface area contributed by atoms with Gasteiger partial charge in [-0.2, -0.15) is 0 Å². The molecule has 7 heteroatoms. The zero-order valence-corrected chi connectivity index (χ0v) is 14.2. The summed E-state index contributed by atoms with van der Waals surface area (Å²) in [7, 11) is 0. The molecule has 1 aliphatic heterocycles. The van der Waals surface area contributed by atoms with Gasteiger partial charge in [0, 0.05) is 12.7 Å². The number of esters is 1. The number of nitrogens with one attached hydrogen (secondary N) is 1. The Kier molecular flexibility index (Phi) is 6.36. The van der Waals surface area contributed by atoms with Gasteiger partial charge in [-0.25, -0.2) is 4.98 Å². The molecule has 1 aromatic rings. The average Bonchev–Trinajstić information content (AvgIpc) is 2.56. The summed E-state index contributed by atoms with van der Waals surface area (Å²) in [4.78, 5) is 30.3. The van der Waals surface area contributed by atoms with Crippen molar-refractivity contribution in [2.24, 2.45) is 5.92 Å². The highest BCUT2D eigenvalue weighted by molar-refractivity contribution is 6.30. The number of likely N-dealkylation sites (tertiary alicyclic amines) is 1. The average molecular weight is 340 g/mol. The quantitative estimate of drug-likeness (QED) is 0.834. The van der Waals surface area contributed by atoms with Crippen LogP contribution in [0.2, 0.25) is 5.02 Å². The minimum absolute atomic E-state index is 0.149. The van der Waals surface area contributed by atoms with Crippen molar-refractivity contribution in [3.63, 3.8) is 0 Å². The predicted molar refractivity (Wildman–Crippen MR) is 88.3 cm³/mol. The molecule has 2 heterocycles. The van der Waals surface area contributed by atoms with Crippen LogP contribution in [0.25, 0.3) is 0 Å². The van der Waals surface area contributed by atoms with E-state index < -0.39 is 0 Å².